The van der Waals surface area contributed by atoms with Gasteiger partial charge in [0.05, 0.1) is 11.7 Å². The van der Waals surface area contributed by atoms with E-state index in [2.05, 4.69) is 24.3 Å². The highest BCUT2D eigenvalue weighted by Gasteiger charge is 2.33. The molecule has 2 aromatic rings. The fourth-order valence-electron chi connectivity index (χ4n) is 2.94. The molecule has 0 saturated carbocycles. The molecule has 2 heterocycles. The van der Waals surface area contributed by atoms with Crippen LogP contribution in [0.1, 0.15) is 55.7 Å². The minimum absolute atomic E-state index is 0.0287. The predicted molar refractivity (Wildman–Crippen MR) is 89.5 cm³/mol. The Morgan fingerprint density at radius 3 is 2.87 bits per heavy atom. The summed E-state index contributed by atoms with van der Waals surface area (Å²) in [5.41, 5.74) is 2.84. The van der Waals surface area contributed by atoms with Gasteiger partial charge >= 0.3 is 6.03 Å². The lowest BCUT2D eigenvalue weighted by Crippen LogP contribution is -2.34. The maximum absolute atomic E-state index is 12.6. The second-order valence-corrected chi connectivity index (χ2v) is 6.41. The number of anilines is 1. The first-order chi connectivity index (χ1) is 11.1. The van der Waals surface area contributed by atoms with Gasteiger partial charge in [-0.2, -0.15) is 0 Å². The van der Waals surface area contributed by atoms with Crippen LogP contribution in [-0.2, 0) is 0 Å². The summed E-state index contributed by atoms with van der Waals surface area (Å²) in [5, 5.41) is 7.13. The lowest BCUT2D eigenvalue weighted by Gasteiger charge is -2.23. The molecule has 2 amide bonds. The third kappa shape index (κ3) is 3.23. The number of carbonyl (C=O) groups excluding carboxylic acids is 1. The first-order valence-corrected chi connectivity index (χ1v) is 8.16. The number of carbonyl (C=O) groups is 1. The lowest BCUT2D eigenvalue weighted by molar-refractivity contribution is 0.195. The van der Waals surface area contributed by atoms with Crippen LogP contribution in [0.2, 0.25) is 0 Å². The molecule has 1 fully saturated rings. The molecule has 5 heteroatoms. The maximum atomic E-state index is 12.6. The zero-order valence-corrected chi connectivity index (χ0v) is 13.9. The molecule has 1 aromatic heterocycles. The molecule has 1 atom stereocenters. The molecule has 0 spiro atoms. The Balaban J connectivity index is 1.75. The van der Waals surface area contributed by atoms with Crippen molar-refractivity contribution in [3.05, 3.63) is 47.3 Å². The van der Waals surface area contributed by atoms with E-state index in [1.54, 1.807) is 0 Å². The van der Waals surface area contributed by atoms with Crippen LogP contribution in [0.15, 0.2) is 34.9 Å². The molecule has 1 aliphatic rings. The number of aryl methyl sites for hydroxylation is 1. The average molecular weight is 313 g/mol. The molecular weight excluding hydrogens is 290 g/mol. The Bertz CT molecular complexity index is 693. The van der Waals surface area contributed by atoms with Gasteiger partial charge in [-0.15, -0.1) is 0 Å². The first-order valence-electron chi connectivity index (χ1n) is 8.16. The Morgan fingerprint density at radius 2 is 2.17 bits per heavy atom. The van der Waals surface area contributed by atoms with Crippen LogP contribution in [0.25, 0.3) is 0 Å². The van der Waals surface area contributed by atoms with Crippen molar-refractivity contribution < 1.29 is 9.32 Å². The van der Waals surface area contributed by atoms with Gasteiger partial charge in [0.1, 0.15) is 0 Å². The predicted octanol–water partition coefficient (Wildman–Crippen LogP) is 4.48. The fraction of sp³-hybridized carbons (Fsp3) is 0.444. The summed E-state index contributed by atoms with van der Waals surface area (Å²) in [6.07, 6.45) is 1.89. The van der Waals surface area contributed by atoms with Gasteiger partial charge in [0.25, 0.3) is 0 Å². The number of hydrogen-bond acceptors (Lipinski definition) is 3. The van der Waals surface area contributed by atoms with Crippen molar-refractivity contribution in [1.82, 2.24) is 10.1 Å². The van der Waals surface area contributed by atoms with Crippen molar-refractivity contribution >= 4 is 11.7 Å². The summed E-state index contributed by atoms with van der Waals surface area (Å²) in [6.45, 7) is 6.89. The van der Waals surface area contributed by atoms with Crippen LogP contribution in [0.5, 0.6) is 0 Å². The number of aromatic nitrogens is 1. The third-order valence-electron chi connectivity index (χ3n) is 4.37. The number of hydrogen-bond donors (Lipinski definition) is 1. The van der Waals surface area contributed by atoms with Gasteiger partial charge in [-0.25, -0.2) is 4.79 Å². The SMILES string of the molecule is Cc1ccccc1NC(=O)N1CCCC1c1cc(C(C)C)no1. The number of likely N-dealkylation sites (tertiary alicyclic amines) is 1. The van der Waals surface area contributed by atoms with Crippen LogP contribution in [0.3, 0.4) is 0 Å². The monoisotopic (exact) mass is 313 g/mol. The summed E-state index contributed by atoms with van der Waals surface area (Å²) in [5.74, 6) is 1.11. The van der Waals surface area contributed by atoms with Crippen LogP contribution in [-0.4, -0.2) is 22.6 Å². The van der Waals surface area contributed by atoms with Crippen molar-refractivity contribution in [2.24, 2.45) is 0 Å². The number of rotatable bonds is 3. The highest BCUT2D eigenvalue weighted by atomic mass is 16.5. The third-order valence-corrected chi connectivity index (χ3v) is 4.37. The summed E-state index contributed by atoms with van der Waals surface area (Å²) in [7, 11) is 0. The molecule has 3 rings (SSSR count). The molecule has 0 aliphatic carbocycles. The lowest BCUT2D eigenvalue weighted by atomic mass is 10.1. The quantitative estimate of drug-likeness (QED) is 0.909. The minimum Gasteiger partial charge on any atom is -0.359 e. The van der Waals surface area contributed by atoms with E-state index in [9.17, 15) is 4.79 Å². The number of urea groups is 1. The molecule has 1 aromatic carbocycles. The van der Waals surface area contributed by atoms with Gasteiger partial charge in [-0.3, -0.25) is 0 Å². The van der Waals surface area contributed by atoms with E-state index in [4.69, 9.17) is 4.52 Å². The van der Waals surface area contributed by atoms with Crippen molar-refractivity contribution in [1.29, 1.82) is 0 Å². The molecule has 23 heavy (non-hydrogen) atoms. The number of para-hydroxylation sites is 1. The van der Waals surface area contributed by atoms with Crippen molar-refractivity contribution in [2.45, 2.75) is 45.6 Å². The van der Waals surface area contributed by atoms with E-state index in [0.29, 0.717) is 5.92 Å². The zero-order valence-electron chi connectivity index (χ0n) is 13.9. The van der Waals surface area contributed by atoms with Crippen molar-refractivity contribution in [2.75, 3.05) is 11.9 Å². The fourth-order valence-corrected chi connectivity index (χ4v) is 2.94. The Kier molecular flexibility index (Phi) is 4.37. The van der Waals surface area contributed by atoms with Crippen molar-refractivity contribution in [3.8, 4) is 0 Å². The molecule has 1 saturated heterocycles. The van der Waals surface area contributed by atoms with Gasteiger partial charge in [-0.05, 0) is 37.3 Å². The summed E-state index contributed by atoms with van der Waals surface area (Å²) in [6, 6.07) is 9.67. The molecule has 5 nitrogen and oxygen atoms in total. The Hall–Kier alpha value is -2.30. The smallest absolute Gasteiger partial charge is 0.322 e. The normalized spacial score (nSPS) is 17.7. The number of amides is 2. The Morgan fingerprint density at radius 1 is 1.39 bits per heavy atom. The molecule has 1 unspecified atom stereocenters. The highest BCUT2D eigenvalue weighted by Crippen LogP contribution is 2.33. The van der Waals surface area contributed by atoms with Gasteiger partial charge in [-0.1, -0.05) is 37.2 Å². The topological polar surface area (TPSA) is 58.4 Å². The number of nitrogens with zero attached hydrogens (tertiary/aromatic N) is 2. The highest BCUT2D eigenvalue weighted by molar-refractivity contribution is 5.90. The molecular formula is C18H23N3O2. The van der Waals surface area contributed by atoms with Crippen LogP contribution < -0.4 is 5.32 Å². The van der Waals surface area contributed by atoms with E-state index in [-0.39, 0.29) is 12.1 Å². The van der Waals surface area contributed by atoms with E-state index in [0.717, 1.165) is 42.1 Å². The molecule has 1 aliphatic heterocycles. The van der Waals surface area contributed by atoms with Crippen LogP contribution in [0, 0.1) is 6.92 Å². The van der Waals surface area contributed by atoms with E-state index >= 15 is 0 Å². The van der Waals surface area contributed by atoms with Crippen LogP contribution >= 0.6 is 0 Å². The zero-order chi connectivity index (χ0) is 16.4. The van der Waals surface area contributed by atoms with E-state index < -0.39 is 0 Å². The van der Waals surface area contributed by atoms with Gasteiger partial charge < -0.3 is 14.7 Å². The molecule has 0 radical (unpaired) electrons. The van der Waals surface area contributed by atoms with Crippen molar-refractivity contribution in [3.63, 3.8) is 0 Å². The molecule has 1 N–H and O–H groups in total. The second kappa shape index (κ2) is 6.44. The number of nitrogens with one attached hydrogen (secondary N) is 1. The summed E-state index contributed by atoms with van der Waals surface area (Å²) in [4.78, 5) is 14.5. The Labute approximate surface area is 136 Å². The molecule has 0 bridgehead atoms. The van der Waals surface area contributed by atoms with Gasteiger partial charge in [0, 0.05) is 18.3 Å². The summed E-state index contributed by atoms with van der Waals surface area (Å²) >= 11 is 0. The van der Waals surface area contributed by atoms with Crippen LogP contribution in [0.4, 0.5) is 10.5 Å². The standard InChI is InChI=1S/C18H23N3O2/c1-12(2)15-11-17(23-20-15)16-9-6-10-21(16)18(22)19-14-8-5-4-7-13(14)3/h4-5,7-8,11-12,16H,6,9-10H2,1-3H3,(H,19,22). The average Bonchev–Trinajstić information content (AvgIpc) is 3.17. The summed E-state index contributed by atoms with van der Waals surface area (Å²) < 4.78 is 5.49. The second-order valence-electron chi connectivity index (χ2n) is 6.41. The van der Waals surface area contributed by atoms with E-state index in [1.165, 1.54) is 0 Å². The maximum Gasteiger partial charge on any atom is 0.322 e. The number of benzene rings is 1. The first kappa shape index (κ1) is 15.6. The van der Waals surface area contributed by atoms with E-state index in [1.807, 2.05) is 42.2 Å². The van der Waals surface area contributed by atoms with Gasteiger partial charge in [0.2, 0.25) is 0 Å². The van der Waals surface area contributed by atoms with Gasteiger partial charge in [0.15, 0.2) is 5.76 Å². The molecule has 122 valence electrons. The minimum atomic E-state index is -0.0794. The largest absolute Gasteiger partial charge is 0.359 e.